The SMILES string of the molecule is CSC(C)CNS(=O)(=O)c1ccc(Br)cc1Br. The summed E-state index contributed by atoms with van der Waals surface area (Å²) in [6.07, 6.45) is 1.95. The van der Waals surface area contributed by atoms with E-state index in [1.807, 2.05) is 13.2 Å². The molecule has 7 heteroatoms. The fraction of sp³-hybridized carbons (Fsp3) is 0.400. The van der Waals surface area contributed by atoms with Gasteiger partial charge in [-0.2, -0.15) is 11.8 Å². The van der Waals surface area contributed by atoms with Gasteiger partial charge < -0.3 is 0 Å². The Morgan fingerprint density at radius 1 is 1.41 bits per heavy atom. The maximum absolute atomic E-state index is 12.0. The smallest absolute Gasteiger partial charge is 0.210 e. The quantitative estimate of drug-likeness (QED) is 0.822. The normalized spacial score (nSPS) is 13.6. The van der Waals surface area contributed by atoms with Crippen molar-refractivity contribution < 1.29 is 8.42 Å². The van der Waals surface area contributed by atoms with Gasteiger partial charge >= 0.3 is 0 Å². The molecule has 0 fully saturated rings. The van der Waals surface area contributed by atoms with Gasteiger partial charge in [0.1, 0.15) is 0 Å². The first kappa shape index (κ1) is 15.5. The molecule has 96 valence electrons. The van der Waals surface area contributed by atoms with Crippen LogP contribution in [0.3, 0.4) is 0 Å². The molecule has 1 unspecified atom stereocenters. The first-order valence-electron chi connectivity index (χ1n) is 4.84. The molecule has 1 aromatic rings. The average molecular weight is 403 g/mol. The van der Waals surface area contributed by atoms with Crippen molar-refractivity contribution in [3.63, 3.8) is 0 Å². The molecule has 17 heavy (non-hydrogen) atoms. The predicted molar refractivity (Wildman–Crippen MR) is 80.0 cm³/mol. The highest BCUT2D eigenvalue weighted by Crippen LogP contribution is 2.25. The van der Waals surface area contributed by atoms with Crippen molar-refractivity contribution in [2.45, 2.75) is 17.1 Å². The summed E-state index contributed by atoms with van der Waals surface area (Å²) in [4.78, 5) is 0.258. The molecule has 0 aliphatic heterocycles. The zero-order valence-corrected chi connectivity index (χ0v) is 14.2. The van der Waals surface area contributed by atoms with Gasteiger partial charge in [-0.05, 0) is 40.4 Å². The molecule has 1 atom stereocenters. The zero-order valence-electron chi connectivity index (χ0n) is 9.41. The topological polar surface area (TPSA) is 46.2 Å². The van der Waals surface area contributed by atoms with Crippen LogP contribution in [0.1, 0.15) is 6.92 Å². The van der Waals surface area contributed by atoms with E-state index < -0.39 is 10.0 Å². The van der Waals surface area contributed by atoms with Crippen molar-refractivity contribution in [1.82, 2.24) is 4.72 Å². The van der Waals surface area contributed by atoms with Crippen molar-refractivity contribution in [2.24, 2.45) is 0 Å². The Morgan fingerprint density at radius 3 is 2.59 bits per heavy atom. The number of rotatable bonds is 5. The van der Waals surface area contributed by atoms with Crippen LogP contribution >= 0.6 is 43.6 Å². The Morgan fingerprint density at radius 2 is 2.06 bits per heavy atom. The predicted octanol–water partition coefficient (Wildman–Crippen LogP) is 3.24. The highest BCUT2D eigenvalue weighted by Gasteiger charge is 2.18. The molecule has 0 heterocycles. The summed E-state index contributed by atoms with van der Waals surface area (Å²) in [5, 5.41) is 0.249. The second kappa shape index (κ2) is 6.56. The summed E-state index contributed by atoms with van der Waals surface area (Å²) in [7, 11) is -3.44. The molecule has 0 bridgehead atoms. The van der Waals surface area contributed by atoms with E-state index in [1.54, 1.807) is 30.0 Å². The third kappa shape index (κ3) is 4.55. The van der Waals surface area contributed by atoms with Crippen LogP contribution in [0.25, 0.3) is 0 Å². The molecule has 0 aliphatic carbocycles. The number of thioether (sulfide) groups is 1. The number of hydrogen-bond acceptors (Lipinski definition) is 3. The van der Waals surface area contributed by atoms with Gasteiger partial charge in [-0.1, -0.05) is 22.9 Å². The molecule has 0 saturated heterocycles. The van der Waals surface area contributed by atoms with Crippen molar-refractivity contribution in [3.8, 4) is 0 Å². The van der Waals surface area contributed by atoms with Gasteiger partial charge in [0.2, 0.25) is 10.0 Å². The van der Waals surface area contributed by atoms with Crippen LogP contribution in [-0.2, 0) is 10.0 Å². The Labute approximate surface area is 123 Å². The van der Waals surface area contributed by atoms with Crippen LogP contribution in [0.5, 0.6) is 0 Å². The summed E-state index contributed by atoms with van der Waals surface area (Å²) in [5.41, 5.74) is 0. The van der Waals surface area contributed by atoms with E-state index in [4.69, 9.17) is 0 Å². The van der Waals surface area contributed by atoms with Crippen molar-refractivity contribution in [3.05, 3.63) is 27.1 Å². The minimum Gasteiger partial charge on any atom is -0.210 e. The van der Waals surface area contributed by atoms with Crippen molar-refractivity contribution >= 4 is 53.6 Å². The van der Waals surface area contributed by atoms with E-state index in [0.29, 0.717) is 11.0 Å². The van der Waals surface area contributed by atoms with Crippen LogP contribution < -0.4 is 4.72 Å². The standard InChI is InChI=1S/C10H13Br2NO2S2/c1-7(16-2)6-13-17(14,15)10-4-3-8(11)5-9(10)12/h3-5,7,13H,6H2,1-2H3. The first-order chi connectivity index (χ1) is 7.86. The maximum Gasteiger partial charge on any atom is 0.241 e. The lowest BCUT2D eigenvalue weighted by molar-refractivity contribution is 0.581. The molecule has 3 nitrogen and oxygen atoms in total. The lowest BCUT2D eigenvalue weighted by atomic mass is 10.4. The third-order valence-electron chi connectivity index (χ3n) is 2.15. The Kier molecular flexibility index (Phi) is 5.98. The third-order valence-corrected chi connectivity index (χ3v) is 6.01. The molecule has 1 rings (SSSR count). The summed E-state index contributed by atoms with van der Waals surface area (Å²) >= 11 is 8.16. The summed E-state index contributed by atoms with van der Waals surface area (Å²) in [6, 6.07) is 4.99. The molecular formula is C10H13Br2NO2S2. The lowest BCUT2D eigenvalue weighted by Crippen LogP contribution is -2.29. The van der Waals surface area contributed by atoms with E-state index >= 15 is 0 Å². The second-order valence-electron chi connectivity index (χ2n) is 3.47. The van der Waals surface area contributed by atoms with Crippen LogP contribution in [0, 0.1) is 0 Å². The van der Waals surface area contributed by atoms with Crippen LogP contribution in [0.4, 0.5) is 0 Å². The molecular weight excluding hydrogens is 390 g/mol. The molecule has 1 N–H and O–H groups in total. The van der Waals surface area contributed by atoms with E-state index in [2.05, 4.69) is 36.6 Å². The minimum atomic E-state index is -3.44. The van der Waals surface area contributed by atoms with Crippen LogP contribution in [-0.4, -0.2) is 26.5 Å². The molecule has 0 saturated carbocycles. The monoisotopic (exact) mass is 401 g/mol. The van der Waals surface area contributed by atoms with Crippen LogP contribution in [0.2, 0.25) is 0 Å². The zero-order chi connectivity index (χ0) is 13.1. The minimum absolute atomic E-state index is 0.249. The van der Waals surface area contributed by atoms with Gasteiger partial charge in [-0.3, -0.25) is 0 Å². The van der Waals surface area contributed by atoms with E-state index in [1.165, 1.54) is 0 Å². The van der Waals surface area contributed by atoms with Gasteiger partial charge in [0.15, 0.2) is 0 Å². The fourth-order valence-electron chi connectivity index (χ4n) is 1.08. The molecule has 0 spiro atoms. The molecule has 0 aliphatic rings. The number of sulfonamides is 1. The Hall–Kier alpha value is 0.440. The van der Waals surface area contributed by atoms with Crippen molar-refractivity contribution in [2.75, 3.05) is 12.8 Å². The average Bonchev–Trinajstić information content (AvgIpc) is 2.25. The second-order valence-corrected chi connectivity index (χ2v) is 8.25. The summed E-state index contributed by atoms with van der Waals surface area (Å²) < 4.78 is 28.0. The lowest BCUT2D eigenvalue weighted by Gasteiger charge is -2.11. The fourth-order valence-corrected chi connectivity index (χ4v) is 4.31. The van der Waals surface area contributed by atoms with Crippen LogP contribution in [0.15, 0.2) is 32.0 Å². The van der Waals surface area contributed by atoms with Gasteiger partial charge in [-0.15, -0.1) is 0 Å². The Bertz CT molecular complexity index is 491. The molecule has 0 aromatic heterocycles. The van der Waals surface area contributed by atoms with E-state index in [-0.39, 0.29) is 10.1 Å². The van der Waals surface area contributed by atoms with Gasteiger partial charge in [0, 0.05) is 20.7 Å². The highest BCUT2D eigenvalue weighted by atomic mass is 79.9. The molecule has 1 aromatic carbocycles. The summed E-state index contributed by atoms with van der Waals surface area (Å²) in [5.74, 6) is 0. The van der Waals surface area contributed by atoms with Gasteiger partial charge in [-0.25, -0.2) is 13.1 Å². The highest BCUT2D eigenvalue weighted by molar-refractivity contribution is 9.11. The van der Waals surface area contributed by atoms with Gasteiger partial charge in [0.05, 0.1) is 4.90 Å². The van der Waals surface area contributed by atoms with E-state index in [0.717, 1.165) is 4.47 Å². The number of halogens is 2. The number of nitrogens with one attached hydrogen (secondary N) is 1. The number of benzene rings is 1. The number of hydrogen-bond donors (Lipinski definition) is 1. The first-order valence-corrected chi connectivity index (χ1v) is 9.20. The summed E-state index contributed by atoms with van der Waals surface area (Å²) in [6.45, 7) is 2.40. The van der Waals surface area contributed by atoms with E-state index in [9.17, 15) is 8.42 Å². The maximum atomic E-state index is 12.0. The molecule has 0 radical (unpaired) electrons. The van der Waals surface area contributed by atoms with Crippen molar-refractivity contribution in [1.29, 1.82) is 0 Å². The Balaban J connectivity index is 2.90. The van der Waals surface area contributed by atoms with Gasteiger partial charge in [0.25, 0.3) is 0 Å². The molecule has 0 amide bonds. The largest absolute Gasteiger partial charge is 0.241 e.